The van der Waals surface area contributed by atoms with Crippen LogP contribution >= 0.6 is 9.24 Å². The van der Waals surface area contributed by atoms with Gasteiger partial charge in [0.25, 0.3) is 0 Å². The van der Waals surface area contributed by atoms with Crippen LogP contribution in [0.15, 0.2) is 127 Å². The van der Waals surface area contributed by atoms with Gasteiger partial charge in [-0.05, 0) is 70.6 Å². The maximum Gasteiger partial charge on any atom is 0.201 e. The van der Waals surface area contributed by atoms with E-state index in [-0.39, 0.29) is 11.3 Å². The van der Waals surface area contributed by atoms with E-state index in [1.807, 2.05) is 0 Å². The summed E-state index contributed by atoms with van der Waals surface area (Å²) in [5.41, 5.74) is 8.90. The molecule has 3 heteroatoms. The summed E-state index contributed by atoms with van der Waals surface area (Å²) in [6.07, 6.45) is 6.54. The van der Waals surface area contributed by atoms with E-state index in [4.69, 9.17) is 9.47 Å². The van der Waals surface area contributed by atoms with Gasteiger partial charge in [-0.15, -0.1) is 9.24 Å². The molecule has 3 atom stereocenters. The largest absolute Gasteiger partial charge is 0.465 e. The van der Waals surface area contributed by atoms with Crippen molar-refractivity contribution >= 4 is 14.8 Å². The summed E-state index contributed by atoms with van der Waals surface area (Å²) in [6.45, 7) is 7.19. The molecule has 0 N–H and O–H groups in total. The zero-order valence-electron chi connectivity index (χ0n) is 24.4. The summed E-state index contributed by atoms with van der Waals surface area (Å²) < 4.78 is 13.5. The van der Waals surface area contributed by atoms with Crippen molar-refractivity contribution in [3.8, 4) is 5.75 Å². The summed E-state index contributed by atoms with van der Waals surface area (Å²) in [5, 5.41) is 0. The SMILES string of the molecule is C/C=C\C1=C(CC)c2ccccc2C1COC(CC(C)(c1ccccc1)c1ccccc1)Oc1ccc(CP)cc1. The number of fused-ring (bicyclic) bond motifs is 1. The molecule has 0 aliphatic heterocycles. The second-order valence-electron chi connectivity index (χ2n) is 10.9. The predicted molar refractivity (Wildman–Crippen MR) is 175 cm³/mol. The Bertz CT molecular complexity index is 1430. The minimum atomic E-state index is -0.452. The maximum atomic E-state index is 6.86. The highest BCUT2D eigenvalue weighted by molar-refractivity contribution is 7.15. The Balaban J connectivity index is 1.50. The topological polar surface area (TPSA) is 18.5 Å². The van der Waals surface area contributed by atoms with Crippen LogP contribution < -0.4 is 4.74 Å². The summed E-state index contributed by atoms with van der Waals surface area (Å²) in [6, 6.07) is 38.6. The number of hydrogen-bond donors (Lipinski definition) is 0. The van der Waals surface area contributed by atoms with Crippen LogP contribution in [0, 0.1) is 0 Å². The van der Waals surface area contributed by atoms with Crippen LogP contribution in [0.1, 0.15) is 67.3 Å². The second-order valence-corrected chi connectivity index (χ2v) is 11.3. The van der Waals surface area contributed by atoms with Crippen LogP contribution in [0.5, 0.6) is 5.75 Å². The first kappa shape index (κ1) is 29.1. The van der Waals surface area contributed by atoms with E-state index in [2.05, 4.69) is 151 Å². The average molecular weight is 561 g/mol. The molecule has 0 saturated heterocycles. The highest BCUT2D eigenvalue weighted by Gasteiger charge is 2.35. The lowest BCUT2D eigenvalue weighted by molar-refractivity contribution is -0.0944. The van der Waals surface area contributed by atoms with Gasteiger partial charge in [-0.3, -0.25) is 0 Å². The first-order valence-electron chi connectivity index (χ1n) is 14.7. The van der Waals surface area contributed by atoms with Gasteiger partial charge >= 0.3 is 0 Å². The summed E-state index contributed by atoms with van der Waals surface area (Å²) in [5.74, 6) is 0.994. The Morgan fingerprint density at radius 2 is 1.44 bits per heavy atom. The molecule has 0 heterocycles. The molecule has 1 aliphatic rings. The number of hydrogen-bond acceptors (Lipinski definition) is 2. The number of ether oxygens (including phenoxy) is 2. The van der Waals surface area contributed by atoms with Crippen molar-refractivity contribution in [2.75, 3.05) is 6.61 Å². The molecule has 0 fully saturated rings. The molecule has 0 bridgehead atoms. The molecule has 3 unspecified atom stereocenters. The third-order valence-corrected chi connectivity index (χ3v) is 8.83. The number of allylic oxidation sites excluding steroid dienone is 3. The van der Waals surface area contributed by atoms with Crippen molar-refractivity contribution < 1.29 is 9.47 Å². The minimum Gasteiger partial charge on any atom is -0.465 e. The monoisotopic (exact) mass is 560 g/mol. The molecule has 210 valence electrons. The molecule has 1 aliphatic carbocycles. The van der Waals surface area contributed by atoms with E-state index < -0.39 is 6.29 Å². The molecule has 0 amide bonds. The van der Waals surface area contributed by atoms with Crippen LogP contribution in [-0.2, 0) is 16.3 Å². The minimum absolute atomic E-state index is 0.169. The molecular formula is C38H41O2P. The lowest BCUT2D eigenvalue weighted by Gasteiger charge is -2.35. The number of benzene rings is 4. The summed E-state index contributed by atoms with van der Waals surface area (Å²) >= 11 is 0. The third-order valence-electron chi connectivity index (χ3n) is 8.36. The molecule has 4 aromatic rings. The van der Waals surface area contributed by atoms with Gasteiger partial charge in [-0.2, -0.15) is 0 Å². The van der Waals surface area contributed by atoms with Crippen LogP contribution in [0.3, 0.4) is 0 Å². The van der Waals surface area contributed by atoms with Gasteiger partial charge < -0.3 is 9.47 Å². The van der Waals surface area contributed by atoms with E-state index in [1.54, 1.807) is 0 Å². The molecule has 4 aromatic carbocycles. The van der Waals surface area contributed by atoms with Gasteiger partial charge in [0.05, 0.1) is 6.61 Å². The Morgan fingerprint density at radius 1 is 0.829 bits per heavy atom. The Morgan fingerprint density at radius 3 is 2.02 bits per heavy atom. The van der Waals surface area contributed by atoms with Gasteiger partial charge in [0.2, 0.25) is 6.29 Å². The average Bonchev–Trinajstić information content (AvgIpc) is 3.33. The van der Waals surface area contributed by atoms with Gasteiger partial charge in [0.1, 0.15) is 5.75 Å². The fraction of sp³-hybridized carbons (Fsp3) is 0.263. The first-order chi connectivity index (χ1) is 20.1. The highest BCUT2D eigenvalue weighted by Crippen LogP contribution is 2.45. The molecular weight excluding hydrogens is 519 g/mol. The fourth-order valence-corrected chi connectivity index (χ4v) is 6.39. The molecule has 0 aromatic heterocycles. The van der Waals surface area contributed by atoms with Gasteiger partial charge in [-0.1, -0.05) is 123 Å². The molecule has 0 spiro atoms. The molecule has 0 saturated carbocycles. The third kappa shape index (κ3) is 6.40. The van der Waals surface area contributed by atoms with E-state index in [0.29, 0.717) is 13.0 Å². The van der Waals surface area contributed by atoms with Gasteiger partial charge in [0, 0.05) is 17.8 Å². The van der Waals surface area contributed by atoms with Gasteiger partial charge in [-0.25, -0.2) is 0 Å². The smallest absolute Gasteiger partial charge is 0.201 e. The Hall–Kier alpha value is -3.45. The highest BCUT2D eigenvalue weighted by atomic mass is 31.0. The van der Waals surface area contributed by atoms with Crippen LogP contribution in [0.25, 0.3) is 5.57 Å². The fourth-order valence-electron chi connectivity index (χ4n) is 6.12. The van der Waals surface area contributed by atoms with Crippen LogP contribution in [0.2, 0.25) is 0 Å². The maximum absolute atomic E-state index is 6.86. The zero-order chi connectivity index (χ0) is 28.7. The van der Waals surface area contributed by atoms with Crippen molar-refractivity contribution in [3.05, 3.63) is 155 Å². The van der Waals surface area contributed by atoms with Gasteiger partial charge in [0.15, 0.2) is 0 Å². The normalized spacial score (nSPS) is 15.8. The van der Waals surface area contributed by atoms with Crippen molar-refractivity contribution in [1.82, 2.24) is 0 Å². The van der Waals surface area contributed by atoms with Crippen molar-refractivity contribution in [1.29, 1.82) is 0 Å². The van der Waals surface area contributed by atoms with E-state index in [0.717, 1.165) is 18.3 Å². The van der Waals surface area contributed by atoms with Crippen molar-refractivity contribution in [2.45, 2.75) is 57.4 Å². The van der Waals surface area contributed by atoms with E-state index in [1.165, 1.54) is 39.0 Å². The quantitative estimate of drug-likeness (QED) is 0.127. The predicted octanol–water partition coefficient (Wildman–Crippen LogP) is 9.72. The van der Waals surface area contributed by atoms with Crippen molar-refractivity contribution in [2.24, 2.45) is 0 Å². The number of rotatable bonds is 12. The summed E-state index contributed by atoms with van der Waals surface area (Å²) in [7, 11) is 2.79. The van der Waals surface area contributed by atoms with Crippen LogP contribution in [-0.4, -0.2) is 12.9 Å². The lowest BCUT2D eigenvalue weighted by Crippen LogP contribution is -2.34. The van der Waals surface area contributed by atoms with Crippen LogP contribution in [0.4, 0.5) is 0 Å². The van der Waals surface area contributed by atoms with E-state index >= 15 is 0 Å². The summed E-state index contributed by atoms with van der Waals surface area (Å²) in [4.78, 5) is 0. The zero-order valence-corrected chi connectivity index (χ0v) is 25.6. The second kappa shape index (κ2) is 13.5. The first-order valence-corrected chi connectivity index (χ1v) is 15.5. The Labute approximate surface area is 248 Å². The lowest BCUT2D eigenvalue weighted by atomic mass is 9.73. The molecule has 0 radical (unpaired) electrons. The van der Waals surface area contributed by atoms with Crippen molar-refractivity contribution in [3.63, 3.8) is 0 Å². The Kier molecular flexibility index (Phi) is 9.55. The standard InChI is InChI=1S/C38H41O2P/c1-4-14-33-32(5-2)34-19-12-13-20-35(34)36(33)26-39-37(40-31-23-21-28(27-41)22-24-31)25-38(3,29-15-8-6-9-16-29)30-17-10-7-11-18-30/h4,6-24,36-37H,5,25-27,41H2,1-3H3/b14-4-. The van der Waals surface area contributed by atoms with E-state index in [9.17, 15) is 0 Å². The molecule has 5 rings (SSSR count). The molecule has 41 heavy (non-hydrogen) atoms. The molecule has 2 nitrogen and oxygen atoms in total.